The number of carbonyl (C=O) groups is 1. The van der Waals surface area contributed by atoms with Crippen LogP contribution in [0, 0.1) is 5.92 Å². The number of aliphatic imine (C=N–C) groups is 1. The van der Waals surface area contributed by atoms with Crippen LogP contribution in [0.4, 0.5) is 10.6 Å². The Hall–Kier alpha value is -1.78. The highest BCUT2D eigenvalue weighted by atomic mass is 127. The molecule has 2 saturated heterocycles. The standard InChI is InChI=1S/C23H38N6O2.HI/c1-23(2,3)31-22(30)29-13-7-8-19(18-29)10-12-26-21(24-4)28-16-14-27(15-17-28)20-9-5-6-11-25-20;/h5-6,9,11,19H,7-8,10,12-18H2,1-4H3,(H,24,26);1H. The summed E-state index contributed by atoms with van der Waals surface area (Å²) in [5.41, 5.74) is -0.446. The zero-order valence-electron chi connectivity index (χ0n) is 19.9. The van der Waals surface area contributed by atoms with Crippen LogP contribution in [-0.4, -0.2) is 85.3 Å². The Kier molecular flexibility index (Phi) is 10.3. The molecule has 32 heavy (non-hydrogen) atoms. The van der Waals surface area contributed by atoms with Crippen molar-refractivity contribution >= 4 is 41.8 Å². The van der Waals surface area contributed by atoms with E-state index in [1.54, 1.807) is 0 Å². The number of amides is 1. The number of halogens is 1. The molecule has 0 aromatic carbocycles. The van der Waals surface area contributed by atoms with Gasteiger partial charge in [-0.15, -0.1) is 24.0 Å². The van der Waals surface area contributed by atoms with Gasteiger partial charge in [0.2, 0.25) is 0 Å². The molecule has 0 aliphatic carbocycles. The van der Waals surface area contributed by atoms with E-state index in [1.165, 1.54) is 0 Å². The molecular formula is C23H39IN6O2. The number of piperidine rings is 1. The summed E-state index contributed by atoms with van der Waals surface area (Å²) in [4.78, 5) is 27.8. The first kappa shape index (κ1) is 26.5. The van der Waals surface area contributed by atoms with Gasteiger partial charge < -0.3 is 24.8 Å². The second kappa shape index (κ2) is 12.5. The summed E-state index contributed by atoms with van der Waals surface area (Å²) in [6.07, 6.45) is 4.87. The Morgan fingerprint density at radius 2 is 1.94 bits per heavy atom. The van der Waals surface area contributed by atoms with Crippen molar-refractivity contribution in [3.05, 3.63) is 24.4 Å². The van der Waals surface area contributed by atoms with E-state index in [0.717, 1.165) is 76.9 Å². The summed E-state index contributed by atoms with van der Waals surface area (Å²) in [5.74, 6) is 2.49. The molecular weight excluding hydrogens is 519 g/mol. The van der Waals surface area contributed by atoms with Crippen molar-refractivity contribution in [1.82, 2.24) is 20.1 Å². The van der Waals surface area contributed by atoms with Crippen molar-refractivity contribution in [2.24, 2.45) is 10.9 Å². The Labute approximate surface area is 209 Å². The zero-order valence-corrected chi connectivity index (χ0v) is 22.2. The van der Waals surface area contributed by atoms with Crippen LogP contribution in [0.25, 0.3) is 0 Å². The molecule has 0 radical (unpaired) electrons. The van der Waals surface area contributed by atoms with Gasteiger partial charge in [-0.1, -0.05) is 6.07 Å². The quantitative estimate of drug-likeness (QED) is 0.347. The second-order valence-corrected chi connectivity index (χ2v) is 9.36. The van der Waals surface area contributed by atoms with E-state index in [-0.39, 0.29) is 30.1 Å². The van der Waals surface area contributed by atoms with Crippen molar-refractivity contribution in [3.8, 4) is 0 Å². The molecule has 180 valence electrons. The van der Waals surface area contributed by atoms with Gasteiger partial charge in [0.05, 0.1) is 0 Å². The normalized spacial score (nSPS) is 19.9. The van der Waals surface area contributed by atoms with Gasteiger partial charge in [-0.25, -0.2) is 9.78 Å². The van der Waals surface area contributed by atoms with Crippen molar-refractivity contribution in [1.29, 1.82) is 0 Å². The van der Waals surface area contributed by atoms with Gasteiger partial charge in [0.1, 0.15) is 11.4 Å². The fraction of sp³-hybridized carbons (Fsp3) is 0.696. The molecule has 1 N–H and O–H groups in total. The smallest absolute Gasteiger partial charge is 0.410 e. The highest BCUT2D eigenvalue weighted by molar-refractivity contribution is 14.0. The molecule has 0 bridgehead atoms. The van der Waals surface area contributed by atoms with E-state index < -0.39 is 5.60 Å². The molecule has 0 saturated carbocycles. The van der Waals surface area contributed by atoms with E-state index in [2.05, 4.69) is 31.2 Å². The first-order chi connectivity index (χ1) is 14.9. The first-order valence-electron chi connectivity index (χ1n) is 11.5. The summed E-state index contributed by atoms with van der Waals surface area (Å²) in [5, 5.41) is 3.53. The lowest BCUT2D eigenvalue weighted by Crippen LogP contribution is -2.53. The molecule has 2 fully saturated rings. The molecule has 1 aromatic rings. The largest absolute Gasteiger partial charge is 0.444 e. The number of hydrogen-bond donors (Lipinski definition) is 1. The highest BCUT2D eigenvalue weighted by Crippen LogP contribution is 2.21. The van der Waals surface area contributed by atoms with Crippen LogP contribution in [0.3, 0.4) is 0 Å². The van der Waals surface area contributed by atoms with E-state index >= 15 is 0 Å². The summed E-state index contributed by atoms with van der Waals surface area (Å²) < 4.78 is 5.54. The molecule has 1 amide bonds. The first-order valence-corrected chi connectivity index (χ1v) is 11.5. The fourth-order valence-corrected chi connectivity index (χ4v) is 4.20. The van der Waals surface area contributed by atoms with Gasteiger partial charge in [-0.05, 0) is 58.1 Å². The lowest BCUT2D eigenvalue weighted by Gasteiger charge is -2.37. The summed E-state index contributed by atoms with van der Waals surface area (Å²) in [7, 11) is 1.85. The van der Waals surface area contributed by atoms with Crippen LogP contribution in [0.5, 0.6) is 0 Å². The number of pyridine rings is 1. The second-order valence-electron chi connectivity index (χ2n) is 9.36. The predicted molar refractivity (Wildman–Crippen MR) is 140 cm³/mol. The van der Waals surface area contributed by atoms with E-state index in [0.29, 0.717) is 5.92 Å². The molecule has 3 heterocycles. The van der Waals surface area contributed by atoms with E-state index in [4.69, 9.17) is 4.74 Å². The van der Waals surface area contributed by atoms with Crippen molar-refractivity contribution in [2.45, 2.75) is 45.6 Å². The third-order valence-corrected chi connectivity index (χ3v) is 5.77. The molecule has 3 rings (SSSR count). The third-order valence-electron chi connectivity index (χ3n) is 5.77. The minimum Gasteiger partial charge on any atom is -0.444 e. The summed E-state index contributed by atoms with van der Waals surface area (Å²) in [6, 6.07) is 6.04. The van der Waals surface area contributed by atoms with Crippen LogP contribution in [0.2, 0.25) is 0 Å². The maximum Gasteiger partial charge on any atom is 0.410 e. The Morgan fingerprint density at radius 3 is 2.56 bits per heavy atom. The van der Waals surface area contributed by atoms with Gasteiger partial charge >= 0.3 is 6.09 Å². The number of aromatic nitrogens is 1. The molecule has 1 aromatic heterocycles. The number of ether oxygens (including phenoxy) is 1. The van der Waals surface area contributed by atoms with Gasteiger partial charge in [0.25, 0.3) is 0 Å². The van der Waals surface area contributed by atoms with Gasteiger partial charge in [0, 0.05) is 59.1 Å². The summed E-state index contributed by atoms with van der Waals surface area (Å²) in [6.45, 7) is 11.9. The minimum absolute atomic E-state index is 0. The minimum atomic E-state index is -0.446. The summed E-state index contributed by atoms with van der Waals surface area (Å²) >= 11 is 0. The lowest BCUT2D eigenvalue weighted by molar-refractivity contribution is 0.0162. The molecule has 0 spiro atoms. The average Bonchev–Trinajstić information content (AvgIpc) is 2.77. The van der Waals surface area contributed by atoms with Crippen LogP contribution in [-0.2, 0) is 4.74 Å². The number of guanidine groups is 1. The van der Waals surface area contributed by atoms with Crippen molar-refractivity contribution in [2.75, 3.05) is 57.8 Å². The molecule has 8 nitrogen and oxygen atoms in total. The Morgan fingerprint density at radius 1 is 1.19 bits per heavy atom. The Balaban J connectivity index is 0.00000363. The van der Waals surface area contributed by atoms with Crippen molar-refractivity contribution in [3.63, 3.8) is 0 Å². The van der Waals surface area contributed by atoms with Gasteiger partial charge in [0.15, 0.2) is 5.96 Å². The number of nitrogens with one attached hydrogen (secondary N) is 1. The number of likely N-dealkylation sites (tertiary alicyclic amines) is 1. The lowest BCUT2D eigenvalue weighted by atomic mass is 9.95. The average molecular weight is 559 g/mol. The van der Waals surface area contributed by atoms with Crippen LogP contribution < -0.4 is 10.2 Å². The van der Waals surface area contributed by atoms with E-state index in [1.807, 2.05) is 51.0 Å². The topological polar surface area (TPSA) is 73.3 Å². The molecule has 1 unspecified atom stereocenters. The maximum absolute atomic E-state index is 12.4. The monoisotopic (exact) mass is 558 g/mol. The molecule has 1 atom stereocenters. The number of rotatable bonds is 4. The SMILES string of the molecule is CN=C(NCCC1CCCN(C(=O)OC(C)(C)C)C1)N1CCN(c2ccccn2)CC1.I. The van der Waals surface area contributed by atoms with Crippen LogP contribution in [0.1, 0.15) is 40.0 Å². The number of piperazine rings is 1. The van der Waals surface area contributed by atoms with Gasteiger partial charge in [-0.2, -0.15) is 0 Å². The molecule has 2 aliphatic rings. The third kappa shape index (κ3) is 7.97. The number of carbonyl (C=O) groups excluding carboxylic acids is 1. The number of hydrogen-bond acceptors (Lipinski definition) is 5. The molecule has 2 aliphatic heterocycles. The van der Waals surface area contributed by atoms with Crippen LogP contribution in [0.15, 0.2) is 29.4 Å². The Bertz CT molecular complexity index is 732. The predicted octanol–water partition coefficient (Wildman–Crippen LogP) is 3.43. The molecule has 9 heteroatoms. The number of anilines is 1. The van der Waals surface area contributed by atoms with E-state index in [9.17, 15) is 4.79 Å². The zero-order chi connectivity index (χ0) is 22.3. The maximum atomic E-state index is 12.4. The number of nitrogens with zero attached hydrogens (tertiary/aromatic N) is 5. The fourth-order valence-electron chi connectivity index (χ4n) is 4.20. The van der Waals surface area contributed by atoms with Gasteiger partial charge in [-0.3, -0.25) is 4.99 Å². The van der Waals surface area contributed by atoms with Crippen LogP contribution >= 0.6 is 24.0 Å². The van der Waals surface area contributed by atoms with Crippen molar-refractivity contribution < 1.29 is 9.53 Å². The highest BCUT2D eigenvalue weighted by Gasteiger charge is 2.27.